The minimum atomic E-state index is -0.393. The molecule has 0 fully saturated rings. The predicted molar refractivity (Wildman–Crippen MR) is 47.3 cm³/mol. The summed E-state index contributed by atoms with van der Waals surface area (Å²) >= 11 is 0. The molecular formula is C9H13NO2. The van der Waals surface area contributed by atoms with Gasteiger partial charge in [0.25, 0.3) is 0 Å². The molecule has 0 aromatic heterocycles. The first-order chi connectivity index (χ1) is 5.70. The van der Waals surface area contributed by atoms with E-state index in [1.54, 1.807) is 0 Å². The van der Waals surface area contributed by atoms with Crippen molar-refractivity contribution in [1.82, 2.24) is 0 Å². The summed E-state index contributed by atoms with van der Waals surface area (Å²) in [4.78, 5) is 9.86. The molecule has 0 saturated heterocycles. The normalized spacial score (nSPS) is 16.8. The molecule has 0 atom stereocenters. The summed E-state index contributed by atoms with van der Waals surface area (Å²) in [6.07, 6.45) is 7.02. The quantitative estimate of drug-likeness (QED) is 0.368. The van der Waals surface area contributed by atoms with Crippen LogP contribution >= 0.6 is 0 Å². The van der Waals surface area contributed by atoms with E-state index in [0.29, 0.717) is 6.42 Å². The monoisotopic (exact) mass is 167 g/mol. The molecule has 3 heteroatoms. The molecule has 1 rings (SSSR count). The molecule has 0 aromatic carbocycles. The van der Waals surface area contributed by atoms with Crippen LogP contribution in [-0.4, -0.2) is 4.92 Å². The van der Waals surface area contributed by atoms with E-state index in [1.807, 2.05) is 0 Å². The third-order valence-electron chi connectivity index (χ3n) is 2.07. The van der Waals surface area contributed by atoms with Gasteiger partial charge in [-0.15, -0.1) is 0 Å². The zero-order valence-corrected chi connectivity index (χ0v) is 7.08. The Morgan fingerprint density at radius 1 is 1.67 bits per heavy atom. The maximum atomic E-state index is 10.3. The van der Waals surface area contributed by atoms with Gasteiger partial charge in [-0.25, -0.2) is 0 Å². The van der Waals surface area contributed by atoms with E-state index in [-0.39, 0.29) is 5.70 Å². The van der Waals surface area contributed by atoms with E-state index in [2.05, 4.69) is 12.7 Å². The van der Waals surface area contributed by atoms with Crippen LogP contribution < -0.4 is 0 Å². The standard InChI is InChI=1S/C9H13NO2/c1-8(10(11)12)7-9-5-3-2-4-6-9/h5H,1-4,6-7H2. The van der Waals surface area contributed by atoms with Gasteiger partial charge >= 0.3 is 0 Å². The van der Waals surface area contributed by atoms with Crippen LogP contribution in [0.15, 0.2) is 23.9 Å². The topological polar surface area (TPSA) is 43.1 Å². The van der Waals surface area contributed by atoms with Crippen LogP contribution in [0.3, 0.4) is 0 Å². The van der Waals surface area contributed by atoms with E-state index in [9.17, 15) is 10.1 Å². The van der Waals surface area contributed by atoms with Gasteiger partial charge in [0.15, 0.2) is 0 Å². The molecule has 0 heterocycles. The number of nitro groups is 1. The fraction of sp³-hybridized carbons (Fsp3) is 0.556. The number of rotatable bonds is 3. The number of hydrogen-bond donors (Lipinski definition) is 0. The summed E-state index contributed by atoms with van der Waals surface area (Å²) in [6.45, 7) is 3.41. The van der Waals surface area contributed by atoms with Gasteiger partial charge in [0, 0.05) is 0 Å². The highest BCUT2D eigenvalue weighted by Gasteiger charge is 2.11. The third kappa shape index (κ3) is 2.49. The Labute approximate surface area is 71.9 Å². The zero-order chi connectivity index (χ0) is 8.97. The lowest BCUT2D eigenvalue weighted by Gasteiger charge is -2.10. The summed E-state index contributed by atoms with van der Waals surface area (Å²) in [6, 6.07) is 0. The maximum Gasteiger partial charge on any atom is 0.243 e. The summed E-state index contributed by atoms with van der Waals surface area (Å²) in [5.74, 6) is 0. The van der Waals surface area contributed by atoms with Gasteiger partial charge in [-0.3, -0.25) is 10.1 Å². The summed E-state index contributed by atoms with van der Waals surface area (Å²) in [5.41, 5.74) is 1.30. The molecule has 0 bridgehead atoms. The van der Waals surface area contributed by atoms with Crippen molar-refractivity contribution in [3.63, 3.8) is 0 Å². The smallest absolute Gasteiger partial charge is 0.243 e. The molecule has 0 N–H and O–H groups in total. The van der Waals surface area contributed by atoms with Crippen LogP contribution in [0.2, 0.25) is 0 Å². The fourth-order valence-corrected chi connectivity index (χ4v) is 1.39. The van der Waals surface area contributed by atoms with Gasteiger partial charge in [0.05, 0.1) is 11.3 Å². The molecule has 1 aliphatic rings. The van der Waals surface area contributed by atoms with E-state index in [0.717, 1.165) is 19.3 Å². The van der Waals surface area contributed by atoms with E-state index in [4.69, 9.17) is 0 Å². The first kappa shape index (κ1) is 8.97. The minimum absolute atomic E-state index is 0.114. The highest BCUT2D eigenvalue weighted by molar-refractivity contribution is 5.10. The lowest BCUT2D eigenvalue weighted by atomic mass is 9.96. The molecule has 0 radical (unpaired) electrons. The zero-order valence-electron chi connectivity index (χ0n) is 7.08. The second-order valence-electron chi connectivity index (χ2n) is 3.11. The summed E-state index contributed by atoms with van der Waals surface area (Å²) in [5, 5.41) is 10.3. The average molecular weight is 167 g/mol. The fourth-order valence-electron chi connectivity index (χ4n) is 1.39. The van der Waals surface area contributed by atoms with Gasteiger partial charge in [-0.1, -0.05) is 11.6 Å². The Hall–Kier alpha value is -1.12. The van der Waals surface area contributed by atoms with Crippen molar-refractivity contribution in [2.45, 2.75) is 32.1 Å². The van der Waals surface area contributed by atoms with E-state index in [1.165, 1.54) is 12.0 Å². The first-order valence-corrected chi connectivity index (χ1v) is 4.20. The van der Waals surface area contributed by atoms with Crippen LogP contribution in [0, 0.1) is 10.1 Å². The predicted octanol–water partition coefficient (Wildman–Crippen LogP) is 2.67. The van der Waals surface area contributed by atoms with Crippen LogP contribution in [-0.2, 0) is 0 Å². The number of nitrogens with zero attached hydrogens (tertiary/aromatic N) is 1. The summed E-state index contributed by atoms with van der Waals surface area (Å²) < 4.78 is 0. The van der Waals surface area contributed by atoms with Crippen molar-refractivity contribution in [3.8, 4) is 0 Å². The van der Waals surface area contributed by atoms with E-state index < -0.39 is 4.92 Å². The Bertz CT molecular complexity index is 231. The van der Waals surface area contributed by atoms with Crippen molar-refractivity contribution >= 4 is 0 Å². The molecule has 0 aromatic rings. The van der Waals surface area contributed by atoms with Crippen LogP contribution in [0.1, 0.15) is 32.1 Å². The van der Waals surface area contributed by atoms with E-state index >= 15 is 0 Å². The third-order valence-corrected chi connectivity index (χ3v) is 2.07. The van der Waals surface area contributed by atoms with Gasteiger partial charge in [0.1, 0.15) is 0 Å². The van der Waals surface area contributed by atoms with Crippen LogP contribution in [0.25, 0.3) is 0 Å². The van der Waals surface area contributed by atoms with Gasteiger partial charge in [0.2, 0.25) is 5.70 Å². The number of allylic oxidation sites excluding steroid dienone is 2. The molecule has 3 nitrogen and oxygen atoms in total. The van der Waals surface area contributed by atoms with Crippen molar-refractivity contribution in [3.05, 3.63) is 34.0 Å². The van der Waals surface area contributed by atoms with Crippen molar-refractivity contribution in [2.75, 3.05) is 0 Å². The van der Waals surface area contributed by atoms with Crippen molar-refractivity contribution in [1.29, 1.82) is 0 Å². The molecule has 0 aliphatic heterocycles. The molecule has 0 amide bonds. The largest absolute Gasteiger partial charge is 0.259 e. The van der Waals surface area contributed by atoms with Crippen molar-refractivity contribution < 1.29 is 4.92 Å². The highest BCUT2D eigenvalue weighted by Crippen LogP contribution is 2.22. The van der Waals surface area contributed by atoms with Crippen LogP contribution in [0.5, 0.6) is 0 Å². The molecule has 0 spiro atoms. The second kappa shape index (κ2) is 4.04. The Morgan fingerprint density at radius 3 is 2.92 bits per heavy atom. The van der Waals surface area contributed by atoms with Gasteiger partial charge in [-0.05, 0) is 32.3 Å². The summed E-state index contributed by atoms with van der Waals surface area (Å²) in [7, 11) is 0. The minimum Gasteiger partial charge on any atom is -0.259 e. The maximum absolute atomic E-state index is 10.3. The molecule has 12 heavy (non-hydrogen) atoms. The van der Waals surface area contributed by atoms with Gasteiger partial charge < -0.3 is 0 Å². The molecule has 0 saturated carbocycles. The second-order valence-corrected chi connectivity index (χ2v) is 3.11. The van der Waals surface area contributed by atoms with Crippen LogP contribution in [0.4, 0.5) is 0 Å². The Balaban J connectivity index is 2.44. The molecule has 0 unspecified atom stereocenters. The van der Waals surface area contributed by atoms with Gasteiger partial charge in [-0.2, -0.15) is 0 Å². The molecule has 1 aliphatic carbocycles. The number of hydrogen-bond acceptors (Lipinski definition) is 2. The highest BCUT2D eigenvalue weighted by atomic mass is 16.6. The Morgan fingerprint density at radius 2 is 2.42 bits per heavy atom. The lowest BCUT2D eigenvalue weighted by Crippen LogP contribution is -2.00. The van der Waals surface area contributed by atoms with Crippen molar-refractivity contribution in [2.24, 2.45) is 0 Å². The lowest BCUT2D eigenvalue weighted by molar-refractivity contribution is -0.426. The SMILES string of the molecule is C=C(CC1=CCCCC1)[N+](=O)[O-]. The first-order valence-electron chi connectivity index (χ1n) is 4.20. The average Bonchev–Trinajstić information content (AvgIpc) is 2.06. The molecule has 66 valence electrons. The Kier molecular flexibility index (Phi) is 3.02. The molecular weight excluding hydrogens is 154 g/mol.